The Balaban J connectivity index is 1.54. The SMILES string of the molecule is Cc1ccc(N(CC(=O)Nc2ccc(S(=O)(=O)Nc3c(C)cccc3C)cc2)S(=O)(=O)c2ccc(F)cc2)cc1. The molecular formula is C29H28FN3O5S2. The Kier molecular flexibility index (Phi) is 8.26. The average Bonchev–Trinajstić information content (AvgIpc) is 2.91. The van der Waals surface area contributed by atoms with E-state index in [2.05, 4.69) is 10.0 Å². The van der Waals surface area contributed by atoms with Gasteiger partial charge >= 0.3 is 0 Å². The van der Waals surface area contributed by atoms with Crippen molar-refractivity contribution in [2.75, 3.05) is 20.9 Å². The zero-order valence-electron chi connectivity index (χ0n) is 22.1. The second-order valence-electron chi connectivity index (χ2n) is 9.25. The summed E-state index contributed by atoms with van der Waals surface area (Å²) in [4.78, 5) is 12.8. The summed E-state index contributed by atoms with van der Waals surface area (Å²) in [6.07, 6.45) is 0. The van der Waals surface area contributed by atoms with Gasteiger partial charge in [0.1, 0.15) is 12.4 Å². The highest BCUT2D eigenvalue weighted by atomic mass is 32.2. The number of hydrogen-bond donors (Lipinski definition) is 2. The molecule has 2 N–H and O–H groups in total. The van der Waals surface area contributed by atoms with Crippen molar-refractivity contribution < 1.29 is 26.0 Å². The first-order valence-electron chi connectivity index (χ1n) is 12.2. The number of nitrogens with one attached hydrogen (secondary N) is 2. The van der Waals surface area contributed by atoms with Gasteiger partial charge in [-0.1, -0.05) is 35.9 Å². The predicted octanol–water partition coefficient (Wildman–Crippen LogP) is 5.39. The first-order chi connectivity index (χ1) is 18.9. The topological polar surface area (TPSA) is 113 Å². The Morgan fingerprint density at radius 1 is 0.750 bits per heavy atom. The molecule has 8 nitrogen and oxygen atoms in total. The van der Waals surface area contributed by atoms with Crippen molar-refractivity contribution in [3.05, 3.63) is 114 Å². The molecule has 0 spiro atoms. The summed E-state index contributed by atoms with van der Waals surface area (Å²) in [5, 5.41) is 2.61. The number of hydrogen-bond acceptors (Lipinski definition) is 5. The molecule has 0 bridgehead atoms. The lowest BCUT2D eigenvalue weighted by atomic mass is 10.1. The summed E-state index contributed by atoms with van der Waals surface area (Å²) in [5.41, 5.74) is 3.48. The van der Waals surface area contributed by atoms with Crippen LogP contribution in [-0.2, 0) is 24.8 Å². The van der Waals surface area contributed by atoms with Gasteiger partial charge in [-0.15, -0.1) is 0 Å². The van der Waals surface area contributed by atoms with E-state index in [0.717, 1.165) is 45.3 Å². The van der Waals surface area contributed by atoms with Crippen molar-refractivity contribution in [1.82, 2.24) is 0 Å². The molecule has 11 heteroatoms. The molecule has 4 aromatic rings. The highest BCUT2D eigenvalue weighted by molar-refractivity contribution is 7.93. The number of nitrogens with zero attached hydrogens (tertiary/aromatic N) is 1. The Morgan fingerprint density at radius 2 is 1.30 bits per heavy atom. The number of amides is 1. The van der Waals surface area contributed by atoms with E-state index in [9.17, 15) is 26.0 Å². The van der Waals surface area contributed by atoms with E-state index in [1.807, 2.05) is 13.0 Å². The molecule has 1 amide bonds. The van der Waals surface area contributed by atoms with Crippen molar-refractivity contribution in [2.24, 2.45) is 0 Å². The van der Waals surface area contributed by atoms with Crippen LogP contribution in [0, 0.1) is 26.6 Å². The highest BCUT2D eigenvalue weighted by Crippen LogP contribution is 2.26. The minimum Gasteiger partial charge on any atom is -0.325 e. The molecule has 0 heterocycles. The molecule has 0 saturated carbocycles. The molecule has 0 saturated heterocycles. The molecule has 0 fully saturated rings. The lowest BCUT2D eigenvalue weighted by Crippen LogP contribution is -2.38. The van der Waals surface area contributed by atoms with Crippen LogP contribution in [0.15, 0.2) is 101 Å². The van der Waals surface area contributed by atoms with Gasteiger partial charge in [-0.3, -0.25) is 13.8 Å². The van der Waals surface area contributed by atoms with E-state index in [1.54, 1.807) is 50.2 Å². The maximum absolute atomic E-state index is 13.4. The van der Waals surface area contributed by atoms with Crippen molar-refractivity contribution >= 4 is 43.0 Å². The first-order valence-corrected chi connectivity index (χ1v) is 15.1. The van der Waals surface area contributed by atoms with Crippen LogP contribution in [0.5, 0.6) is 0 Å². The average molecular weight is 582 g/mol. The fourth-order valence-corrected chi connectivity index (χ4v) is 6.60. The third-order valence-electron chi connectivity index (χ3n) is 6.18. The predicted molar refractivity (Wildman–Crippen MR) is 154 cm³/mol. The van der Waals surface area contributed by atoms with E-state index >= 15 is 0 Å². The quantitative estimate of drug-likeness (QED) is 0.275. The molecule has 4 rings (SSSR count). The van der Waals surface area contributed by atoms with Gasteiger partial charge in [0.25, 0.3) is 20.0 Å². The summed E-state index contributed by atoms with van der Waals surface area (Å²) in [6, 6.07) is 21.9. The first kappa shape index (κ1) is 28.8. The highest BCUT2D eigenvalue weighted by Gasteiger charge is 2.27. The second-order valence-corrected chi connectivity index (χ2v) is 12.8. The van der Waals surface area contributed by atoms with E-state index in [0.29, 0.717) is 5.69 Å². The number of carbonyl (C=O) groups is 1. The monoisotopic (exact) mass is 581 g/mol. The van der Waals surface area contributed by atoms with Gasteiger partial charge in [0, 0.05) is 5.69 Å². The number of benzene rings is 4. The van der Waals surface area contributed by atoms with Crippen LogP contribution in [0.3, 0.4) is 0 Å². The number of anilines is 3. The summed E-state index contributed by atoms with van der Waals surface area (Å²) >= 11 is 0. The lowest BCUT2D eigenvalue weighted by molar-refractivity contribution is -0.114. The summed E-state index contributed by atoms with van der Waals surface area (Å²) in [5.74, 6) is -1.25. The molecule has 0 aliphatic heterocycles. The van der Waals surface area contributed by atoms with Gasteiger partial charge in [0.05, 0.1) is 21.2 Å². The van der Waals surface area contributed by atoms with Crippen molar-refractivity contribution in [2.45, 2.75) is 30.6 Å². The van der Waals surface area contributed by atoms with Gasteiger partial charge < -0.3 is 5.32 Å². The summed E-state index contributed by atoms with van der Waals surface area (Å²) < 4.78 is 69.7. The smallest absolute Gasteiger partial charge is 0.264 e. The Labute approximate surface area is 233 Å². The van der Waals surface area contributed by atoms with Crippen LogP contribution in [0.2, 0.25) is 0 Å². The van der Waals surface area contributed by atoms with Gasteiger partial charge in [-0.2, -0.15) is 0 Å². The van der Waals surface area contributed by atoms with E-state index in [4.69, 9.17) is 0 Å². The van der Waals surface area contributed by atoms with Crippen molar-refractivity contribution in [3.63, 3.8) is 0 Å². The Morgan fingerprint density at radius 3 is 1.88 bits per heavy atom. The Bertz CT molecular complexity index is 1720. The zero-order chi connectivity index (χ0) is 29.1. The number of halogens is 1. The van der Waals surface area contributed by atoms with Crippen molar-refractivity contribution in [1.29, 1.82) is 0 Å². The van der Waals surface area contributed by atoms with Gasteiger partial charge in [-0.05, 0) is 92.6 Å². The van der Waals surface area contributed by atoms with E-state index < -0.39 is 38.3 Å². The number of aryl methyl sites for hydroxylation is 3. The molecular weight excluding hydrogens is 553 g/mol. The van der Waals surface area contributed by atoms with Crippen LogP contribution in [-0.4, -0.2) is 29.3 Å². The number of para-hydroxylation sites is 1. The molecule has 0 aromatic heterocycles. The molecule has 4 aromatic carbocycles. The molecule has 0 atom stereocenters. The normalized spacial score (nSPS) is 11.6. The maximum atomic E-state index is 13.4. The number of sulfonamides is 2. The fourth-order valence-electron chi connectivity index (χ4n) is 3.98. The molecule has 208 valence electrons. The van der Waals surface area contributed by atoms with E-state index in [1.165, 1.54) is 24.3 Å². The van der Waals surface area contributed by atoms with Crippen LogP contribution in [0.4, 0.5) is 21.5 Å². The zero-order valence-corrected chi connectivity index (χ0v) is 23.7. The minimum atomic E-state index is -4.22. The van der Waals surface area contributed by atoms with Gasteiger partial charge in [-0.25, -0.2) is 21.2 Å². The fraction of sp³-hybridized carbons (Fsp3) is 0.138. The molecule has 0 radical (unpaired) electrons. The van der Waals surface area contributed by atoms with Crippen LogP contribution >= 0.6 is 0 Å². The van der Waals surface area contributed by atoms with Gasteiger partial charge in [0.2, 0.25) is 5.91 Å². The largest absolute Gasteiger partial charge is 0.325 e. The standard InChI is InChI=1S/C29H28FN3O5S2/c1-20-7-13-25(14-8-20)33(40(37,38)27-15-9-23(30)10-16-27)19-28(34)31-24-11-17-26(18-12-24)39(35,36)32-29-21(2)5-4-6-22(29)3/h4-18,32H,19H2,1-3H3,(H,31,34). The molecule has 40 heavy (non-hydrogen) atoms. The van der Waals surface area contributed by atoms with E-state index in [-0.39, 0.29) is 21.2 Å². The third-order valence-corrected chi connectivity index (χ3v) is 9.33. The van der Waals surface area contributed by atoms with Crippen LogP contribution < -0.4 is 14.3 Å². The van der Waals surface area contributed by atoms with Crippen LogP contribution in [0.25, 0.3) is 0 Å². The van der Waals surface area contributed by atoms with Crippen LogP contribution in [0.1, 0.15) is 16.7 Å². The lowest BCUT2D eigenvalue weighted by Gasteiger charge is -2.24. The van der Waals surface area contributed by atoms with Crippen molar-refractivity contribution in [3.8, 4) is 0 Å². The minimum absolute atomic E-state index is 0.00618. The van der Waals surface area contributed by atoms with Gasteiger partial charge in [0.15, 0.2) is 0 Å². The number of carbonyl (C=O) groups excluding carboxylic acids is 1. The second kappa shape index (κ2) is 11.5. The molecule has 0 aliphatic rings. The summed E-state index contributed by atoms with van der Waals surface area (Å²) in [7, 11) is -8.11. The number of rotatable bonds is 9. The third kappa shape index (κ3) is 6.49. The molecule has 0 aliphatic carbocycles. The maximum Gasteiger partial charge on any atom is 0.264 e. The summed E-state index contributed by atoms with van der Waals surface area (Å²) in [6.45, 7) is 4.88. The molecule has 0 unspecified atom stereocenters. The Hall–Kier alpha value is -4.22.